The van der Waals surface area contributed by atoms with Crippen molar-refractivity contribution >= 4 is 35.5 Å². The third-order valence-corrected chi connectivity index (χ3v) is 5.07. The van der Waals surface area contributed by atoms with Gasteiger partial charge in [-0.3, -0.25) is 0 Å². The number of hydrogen-bond acceptors (Lipinski definition) is 6. The Kier molecular flexibility index (Phi) is 13.2. The van der Waals surface area contributed by atoms with Crippen LogP contribution in [0, 0.1) is 0 Å². The summed E-state index contributed by atoms with van der Waals surface area (Å²) in [5.74, 6) is 2.12. The summed E-state index contributed by atoms with van der Waals surface area (Å²) in [5.41, 5.74) is 0. The molecule has 4 nitrogen and oxygen atoms in total. The lowest BCUT2D eigenvalue weighted by molar-refractivity contribution is -0.158. The number of hydrogen-bond donors (Lipinski definition) is 0. The molecule has 0 aliphatic rings. The summed E-state index contributed by atoms with van der Waals surface area (Å²) < 4.78 is 10.8. The summed E-state index contributed by atoms with van der Waals surface area (Å²) in [6, 6.07) is 0. The van der Waals surface area contributed by atoms with Crippen molar-refractivity contribution in [3.05, 3.63) is 25.3 Å². The van der Waals surface area contributed by atoms with Crippen molar-refractivity contribution < 1.29 is 19.1 Å². The van der Waals surface area contributed by atoms with Crippen LogP contribution in [0.1, 0.15) is 26.7 Å². The van der Waals surface area contributed by atoms with Gasteiger partial charge in [0.15, 0.2) is 0 Å². The quantitative estimate of drug-likeness (QED) is 0.289. The van der Waals surface area contributed by atoms with E-state index in [0.29, 0.717) is 11.5 Å². The van der Waals surface area contributed by atoms with Crippen LogP contribution in [0.5, 0.6) is 0 Å². The van der Waals surface area contributed by atoms with Gasteiger partial charge in [-0.25, -0.2) is 9.59 Å². The Bertz CT molecular complexity index is 324. The van der Waals surface area contributed by atoms with Crippen molar-refractivity contribution in [3.63, 3.8) is 0 Å². The largest absolute Gasteiger partial charge is 0.454 e. The zero-order valence-electron chi connectivity index (χ0n) is 13.4. The molecule has 0 aromatic carbocycles. The number of esters is 2. The Hall–Kier alpha value is -0.880. The van der Waals surface area contributed by atoms with E-state index < -0.39 is 24.1 Å². The smallest absolute Gasteiger partial charge is 0.330 e. The standard InChI is InChI=1S/C16H26O4S2/c1-5-9-21-11-13(19-15(17)7-3)14(12-22-10-6-2)20-16(18)8-4/h7-8,13-14H,3-6,9-12H2,1-2H3. The molecule has 0 fully saturated rings. The molecule has 0 N–H and O–H groups in total. The molecule has 0 aliphatic carbocycles. The molecular formula is C16H26O4S2. The van der Waals surface area contributed by atoms with E-state index in [0.717, 1.165) is 36.5 Å². The topological polar surface area (TPSA) is 52.6 Å². The maximum atomic E-state index is 11.5. The minimum Gasteiger partial charge on any atom is -0.454 e. The minimum absolute atomic E-state index is 0.477. The van der Waals surface area contributed by atoms with Gasteiger partial charge in [-0.05, 0) is 24.3 Å². The lowest BCUT2D eigenvalue weighted by atomic mass is 10.2. The molecule has 0 aromatic rings. The van der Waals surface area contributed by atoms with Crippen molar-refractivity contribution in [2.24, 2.45) is 0 Å². The Balaban J connectivity index is 4.84. The lowest BCUT2D eigenvalue weighted by Crippen LogP contribution is -2.38. The molecule has 6 heteroatoms. The molecule has 0 aromatic heterocycles. The Morgan fingerprint density at radius 1 is 0.909 bits per heavy atom. The fourth-order valence-electron chi connectivity index (χ4n) is 1.52. The van der Waals surface area contributed by atoms with Crippen LogP contribution in [0.3, 0.4) is 0 Å². The van der Waals surface area contributed by atoms with Gasteiger partial charge in [0.2, 0.25) is 0 Å². The second-order valence-electron chi connectivity index (χ2n) is 4.51. The third-order valence-electron chi connectivity index (χ3n) is 2.54. The van der Waals surface area contributed by atoms with Gasteiger partial charge in [-0.15, -0.1) is 0 Å². The maximum Gasteiger partial charge on any atom is 0.330 e. The van der Waals surface area contributed by atoms with Gasteiger partial charge in [0.05, 0.1) is 0 Å². The Labute approximate surface area is 142 Å². The van der Waals surface area contributed by atoms with Gasteiger partial charge in [-0.2, -0.15) is 23.5 Å². The van der Waals surface area contributed by atoms with Crippen LogP contribution in [0.4, 0.5) is 0 Å². The summed E-state index contributed by atoms with van der Waals surface area (Å²) in [6.45, 7) is 11.0. The highest BCUT2D eigenvalue weighted by molar-refractivity contribution is 7.99. The summed E-state index contributed by atoms with van der Waals surface area (Å²) in [7, 11) is 0. The van der Waals surface area contributed by atoms with Gasteiger partial charge >= 0.3 is 11.9 Å². The molecule has 0 saturated heterocycles. The van der Waals surface area contributed by atoms with Crippen LogP contribution in [0.15, 0.2) is 25.3 Å². The van der Waals surface area contributed by atoms with E-state index in [1.807, 2.05) is 0 Å². The van der Waals surface area contributed by atoms with E-state index in [1.165, 1.54) is 0 Å². The van der Waals surface area contributed by atoms with Crippen molar-refractivity contribution in [3.8, 4) is 0 Å². The van der Waals surface area contributed by atoms with Gasteiger partial charge < -0.3 is 9.47 Å². The van der Waals surface area contributed by atoms with Crippen molar-refractivity contribution in [2.45, 2.75) is 38.9 Å². The highest BCUT2D eigenvalue weighted by Crippen LogP contribution is 2.18. The normalized spacial score (nSPS) is 13.0. The maximum absolute atomic E-state index is 11.5. The van der Waals surface area contributed by atoms with Gasteiger partial charge in [0, 0.05) is 23.7 Å². The highest BCUT2D eigenvalue weighted by atomic mass is 32.2. The van der Waals surface area contributed by atoms with Crippen molar-refractivity contribution in [1.29, 1.82) is 0 Å². The summed E-state index contributed by atoms with van der Waals surface area (Å²) >= 11 is 3.36. The van der Waals surface area contributed by atoms with Crippen LogP contribution < -0.4 is 0 Å². The average Bonchev–Trinajstić information content (AvgIpc) is 2.52. The zero-order valence-corrected chi connectivity index (χ0v) is 15.0. The molecule has 22 heavy (non-hydrogen) atoms. The molecule has 0 rings (SSSR count). The van der Waals surface area contributed by atoms with E-state index in [1.54, 1.807) is 23.5 Å². The number of carbonyl (C=O) groups excluding carboxylic acids is 2. The van der Waals surface area contributed by atoms with E-state index in [9.17, 15) is 9.59 Å². The van der Waals surface area contributed by atoms with Gasteiger partial charge in [0.25, 0.3) is 0 Å². The van der Waals surface area contributed by atoms with Crippen LogP contribution in [0.25, 0.3) is 0 Å². The first-order valence-electron chi connectivity index (χ1n) is 7.40. The zero-order chi connectivity index (χ0) is 16.8. The van der Waals surface area contributed by atoms with Crippen molar-refractivity contribution in [2.75, 3.05) is 23.0 Å². The van der Waals surface area contributed by atoms with Crippen molar-refractivity contribution in [1.82, 2.24) is 0 Å². The number of ether oxygens (including phenoxy) is 2. The Morgan fingerprint density at radius 2 is 1.27 bits per heavy atom. The van der Waals surface area contributed by atoms with E-state index in [4.69, 9.17) is 9.47 Å². The van der Waals surface area contributed by atoms with Gasteiger partial charge in [0.1, 0.15) is 12.2 Å². The van der Waals surface area contributed by atoms with E-state index in [2.05, 4.69) is 27.0 Å². The third kappa shape index (κ3) is 9.95. The van der Waals surface area contributed by atoms with Crippen LogP contribution in [-0.4, -0.2) is 47.2 Å². The molecule has 0 saturated carbocycles. The fraction of sp³-hybridized carbons (Fsp3) is 0.625. The average molecular weight is 347 g/mol. The predicted molar refractivity (Wildman–Crippen MR) is 95.4 cm³/mol. The van der Waals surface area contributed by atoms with E-state index in [-0.39, 0.29) is 0 Å². The van der Waals surface area contributed by atoms with Crippen LogP contribution in [-0.2, 0) is 19.1 Å². The molecule has 0 radical (unpaired) electrons. The second-order valence-corrected chi connectivity index (χ2v) is 6.81. The predicted octanol–water partition coefficient (Wildman–Crippen LogP) is 3.47. The molecule has 0 spiro atoms. The number of thioether (sulfide) groups is 2. The first-order valence-corrected chi connectivity index (χ1v) is 9.71. The first-order chi connectivity index (χ1) is 10.6. The van der Waals surface area contributed by atoms with E-state index >= 15 is 0 Å². The van der Waals surface area contributed by atoms with Crippen LogP contribution in [0.2, 0.25) is 0 Å². The molecule has 0 aliphatic heterocycles. The molecule has 0 bridgehead atoms. The molecule has 2 unspecified atom stereocenters. The van der Waals surface area contributed by atoms with Crippen LogP contribution >= 0.6 is 23.5 Å². The fourth-order valence-corrected chi connectivity index (χ4v) is 3.46. The number of rotatable bonds is 13. The molecular weight excluding hydrogens is 320 g/mol. The highest BCUT2D eigenvalue weighted by Gasteiger charge is 2.27. The molecule has 0 heterocycles. The summed E-state index contributed by atoms with van der Waals surface area (Å²) in [5, 5.41) is 0. The van der Waals surface area contributed by atoms with Gasteiger partial charge in [-0.1, -0.05) is 27.0 Å². The Morgan fingerprint density at radius 3 is 1.55 bits per heavy atom. The molecule has 0 amide bonds. The summed E-state index contributed by atoms with van der Waals surface area (Å²) in [4.78, 5) is 23.1. The second kappa shape index (κ2) is 13.8. The number of carbonyl (C=O) groups is 2. The molecule has 2 atom stereocenters. The first kappa shape index (κ1) is 21.1. The summed E-state index contributed by atoms with van der Waals surface area (Å²) in [6.07, 6.45) is 3.38. The molecule has 126 valence electrons. The minimum atomic E-state index is -0.498. The lowest BCUT2D eigenvalue weighted by Gasteiger charge is -2.26. The SMILES string of the molecule is C=CC(=O)OC(CSCCC)C(CSCCC)OC(=O)C=C. The monoisotopic (exact) mass is 346 g/mol.